The average Bonchev–Trinajstić information content (AvgIpc) is 3.80. The number of ketones is 1. The Balaban J connectivity index is 0.000000157. The third-order valence-corrected chi connectivity index (χ3v) is 7.49. The number of hydrogen-bond donors (Lipinski definition) is 0. The molecule has 2 fully saturated rings. The summed E-state index contributed by atoms with van der Waals surface area (Å²) < 4.78 is 20.8. The van der Waals surface area contributed by atoms with E-state index in [-0.39, 0.29) is 16.8 Å². The van der Waals surface area contributed by atoms with Crippen molar-refractivity contribution in [1.29, 1.82) is 0 Å². The molecule has 2 heterocycles. The molecule has 11 heteroatoms. The van der Waals surface area contributed by atoms with Gasteiger partial charge in [-0.15, -0.1) is 0 Å². The van der Waals surface area contributed by atoms with E-state index in [1.165, 1.54) is 0 Å². The summed E-state index contributed by atoms with van der Waals surface area (Å²) >= 11 is 5.41. The van der Waals surface area contributed by atoms with Crippen molar-refractivity contribution in [1.82, 2.24) is 4.57 Å². The minimum absolute atomic E-state index is 0.0422. The van der Waals surface area contributed by atoms with Gasteiger partial charge in [0, 0.05) is 50.4 Å². The van der Waals surface area contributed by atoms with Crippen molar-refractivity contribution in [2.75, 3.05) is 11.4 Å². The molecule has 0 amide bonds. The van der Waals surface area contributed by atoms with Gasteiger partial charge < -0.3 is 14.3 Å². The zero-order valence-corrected chi connectivity index (χ0v) is 23.8. The van der Waals surface area contributed by atoms with Gasteiger partial charge in [-0.25, -0.2) is 0 Å². The summed E-state index contributed by atoms with van der Waals surface area (Å²) in [5.74, 6) is -0.538. The van der Waals surface area contributed by atoms with Crippen LogP contribution < -0.4 is 10.3 Å². The van der Waals surface area contributed by atoms with Crippen molar-refractivity contribution in [3.63, 3.8) is 0 Å². The fourth-order valence-corrected chi connectivity index (χ4v) is 5.16. The number of nitrogens with zero attached hydrogens (tertiary/aromatic N) is 2. The van der Waals surface area contributed by atoms with E-state index in [2.05, 4.69) is 36.8 Å². The van der Waals surface area contributed by atoms with E-state index in [1.807, 2.05) is 34.9 Å². The number of pyridine rings is 1. The Kier molecular flexibility index (Phi) is 8.90. The van der Waals surface area contributed by atoms with Gasteiger partial charge >= 0.3 is 22.5 Å². The maximum atomic E-state index is 12.1. The Morgan fingerprint density at radius 2 is 1.51 bits per heavy atom. The molecule has 1 atom stereocenters. The molecule has 0 N–H and O–H groups in total. The SMILES string of the molecule is O=CC1CN(C2CC2)c2cc(Br)ccc2C1=O.O=Cc1cn(C2CC2)c2cc(Br)ccc2c1=O.[O]=[Mn]=[O]. The van der Waals surface area contributed by atoms with Gasteiger partial charge in [0.1, 0.15) is 6.29 Å². The Hall–Kier alpha value is -2.46. The first kappa shape index (κ1) is 27.6. The molecule has 8 nitrogen and oxygen atoms in total. The Bertz CT molecular complexity index is 1480. The predicted molar refractivity (Wildman–Crippen MR) is 139 cm³/mol. The fourth-order valence-electron chi connectivity index (χ4n) is 4.46. The molecular formula is C26H22Br2MnN2O6. The second-order valence-corrected chi connectivity index (χ2v) is 11.1. The van der Waals surface area contributed by atoms with Gasteiger partial charge in [-0.3, -0.25) is 14.4 Å². The van der Waals surface area contributed by atoms with Gasteiger partial charge in [0.05, 0.1) is 17.0 Å². The molecule has 2 aromatic carbocycles. The quantitative estimate of drug-likeness (QED) is 0.216. The van der Waals surface area contributed by atoms with Crippen LogP contribution in [0.1, 0.15) is 52.4 Å². The number of hydrogen-bond acceptors (Lipinski definition) is 7. The fraction of sp³-hybridized carbons (Fsp3) is 0.308. The van der Waals surface area contributed by atoms with Crippen LogP contribution in [0.3, 0.4) is 0 Å². The van der Waals surface area contributed by atoms with Gasteiger partial charge in [0.25, 0.3) is 0 Å². The van der Waals surface area contributed by atoms with Crippen molar-refractivity contribution in [3.8, 4) is 0 Å². The molecule has 0 radical (unpaired) electrons. The van der Waals surface area contributed by atoms with E-state index in [1.54, 1.807) is 12.3 Å². The Morgan fingerprint density at radius 3 is 2.11 bits per heavy atom. The van der Waals surface area contributed by atoms with Gasteiger partial charge in [0.15, 0.2) is 17.5 Å². The van der Waals surface area contributed by atoms with Gasteiger partial charge in [0.2, 0.25) is 0 Å². The summed E-state index contributed by atoms with van der Waals surface area (Å²) in [5.41, 5.74) is 2.62. The molecular weight excluding hydrogens is 651 g/mol. The molecule has 3 aromatic rings. The Morgan fingerprint density at radius 1 is 0.892 bits per heavy atom. The zero-order chi connectivity index (χ0) is 26.7. The molecule has 193 valence electrons. The normalized spacial score (nSPS) is 18.1. The molecule has 37 heavy (non-hydrogen) atoms. The van der Waals surface area contributed by atoms with Crippen LogP contribution >= 0.6 is 31.9 Å². The minimum atomic E-state index is -1.44. The van der Waals surface area contributed by atoms with E-state index in [0.29, 0.717) is 35.9 Å². The van der Waals surface area contributed by atoms with E-state index < -0.39 is 20.7 Å². The number of rotatable bonds is 4. The van der Waals surface area contributed by atoms with E-state index in [9.17, 15) is 19.2 Å². The molecule has 3 aliphatic rings. The molecule has 6 rings (SSSR count). The number of fused-ring (bicyclic) bond motifs is 2. The first-order valence-corrected chi connectivity index (χ1v) is 14.1. The van der Waals surface area contributed by atoms with Crippen molar-refractivity contribution in [3.05, 3.63) is 72.9 Å². The molecule has 1 aromatic heterocycles. The molecule has 0 spiro atoms. The van der Waals surface area contributed by atoms with E-state index >= 15 is 0 Å². The molecule has 2 aliphatic carbocycles. The van der Waals surface area contributed by atoms with Crippen LogP contribution in [0.15, 0.2) is 56.3 Å². The average molecular weight is 673 g/mol. The summed E-state index contributed by atoms with van der Waals surface area (Å²) in [4.78, 5) is 48.2. The molecule has 1 aliphatic heterocycles. The summed E-state index contributed by atoms with van der Waals surface area (Å²) in [6, 6.07) is 12.1. The third kappa shape index (κ3) is 6.17. The first-order chi connectivity index (χ1) is 17.8. The number of aldehydes is 2. The topological polar surface area (TPSA) is 111 Å². The standard InChI is InChI=1S/C13H12BrNO2.C13H10BrNO2.Mn.2O/c2*14-9-1-4-11-12(5-9)15(10-2-3-10)6-8(7-16)13(11)17;;;/h1,4-5,7-8,10H,2-3,6H2;1,4-7,10H,2-3H2;;;. The first-order valence-electron chi connectivity index (χ1n) is 11.6. The monoisotopic (exact) mass is 671 g/mol. The van der Waals surface area contributed by atoms with Crippen LogP contribution in [0.4, 0.5) is 5.69 Å². The van der Waals surface area contributed by atoms with Gasteiger partial charge in [-0.2, -0.15) is 0 Å². The predicted octanol–water partition coefficient (Wildman–Crippen LogP) is 5.10. The Labute approximate surface area is 235 Å². The van der Waals surface area contributed by atoms with Crippen molar-refractivity contribution >= 4 is 66.8 Å². The summed E-state index contributed by atoms with van der Waals surface area (Å²) in [5, 5.41) is 0.615. The van der Waals surface area contributed by atoms with E-state index in [4.69, 9.17) is 7.67 Å². The second-order valence-electron chi connectivity index (χ2n) is 9.05. The van der Waals surface area contributed by atoms with Crippen LogP contribution in [-0.4, -0.2) is 35.5 Å². The van der Waals surface area contributed by atoms with Crippen LogP contribution in [-0.2, 0) is 27.3 Å². The van der Waals surface area contributed by atoms with Crippen LogP contribution in [0.25, 0.3) is 10.9 Å². The number of carbonyl (C=O) groups excluding carboxylic acids is 3. The number of anilines is 1. The number of aromatic nitrogens is 1. The van der Waals surface area contributed by atoms with Gasteiger partial charge in [-0.05, 0) is 62.1 Å². The number of halogens is 2. The van der Waals surface area contributed by atoms with Crippen molar-refractivity contribution < 1.29 is 36.9 Å². The molecule has 1 unspecified atom stereocenters. The van der Waals surface area contributed by atoms with Crippen LogP contribution in [0.5, 0.6) is 0 Å². The van der Waals surface area contributed by atoms with Crippen LogP contribution in [0, 0.1) is 5.92 Å². The summed E-state index contributed by atoms with van der Waals surface area (Å²) in [6.07, 6.45) is 7.65. The molecule has 0 bridgehead atoms. The van der Waals surface area contributed by atoms with Gasteiger partial charge in [-0.1, -0.05) is 31.9 Å². The van der Waals surface area contributed by atoms with Crippen molar-refractivity contribution in [2.45, 2.75) is 37.8 Å². The molecule has 0 saturated heterocycles. The zero-order valence-electron chi connectivity index (χ0n) is 19.4. The van der Waals surface area contributed by atoms with E-state index in [0.717, 1.165) is 52.1 Å². The maximum absolute atomic E-state index is 12.1. The summed E-state index contributed by atoms with van der Waals surface area (Å²) in [7, 11) is 0. The number of carbonyl (C=O) groups is 3. The van der Waals surface area contributed by atoms with Crippen molar-refractivity contribution in [2.24, 2.45) is 5.92 Å². The molecule has 2 saturated carbocycles. The number of Topliss-reactive ketones (excluding diaryl/α,β-unsaturated/α-hetero) is 1. The second kappa shape index (κ2) is 11.9. The van der Waals surface area contributed by atoms with Crippen LogP contribution in [0.2, 0.25) is 0 Å². The third-order valence-electron chi connectivity index (χ3n) is 6.51. The number of benzene rings is 2. The summed E-state index contributed by atoms with van der Waals surface area (Å²) in [6.45, 7) is 0.538.